The van der Waals surface area contributed by atoms with E-state index >= 15 is 0 Å². The van der Waals surface area contributed by atoms with E-state index in [4.69, 9.17) is 10.3 Å². The third-order valence-electron chi connectivity index (χ3n) is 5.66. The van der Waals surface area contributed by atoms with Crippen LogP contribution >= 0.6 is 11.8 Å². The van der Waals surface area contributed by atoms with E-state index in [1.54, 1.807) is 33.1 Å². The van der Waals surface area contributed by atoms with Gasteiger partial charge in [0.25, 0.3) is 0 Å². The van der Waals surface area contributed by atoms with Crippen LogP contribution in [0.3, 0.4) is 0 Å². The first-order valence-electron chi connectivity index (χ1n) is 9.27. The number of aliphatic hydroxyl groups excluding tert-OH is 1. The van der Waals surface area contributed by atoms with E-state index in [0.717, 1.165) is 22.9 Å². The summed E-state index contributed by atoms with van der Waals surface area (Å²) in [6, 6.07) is 1.83. The molecule has 1 aliphatic heterocycles. The molecule has 1 amide bonds. The number of nitrogens with two attached hydrogens (primary N) is 1. The van der Waals surface area contributed by atoms with Crippen molar-refractivity contribution in [3.8, 4) is 0 Å². The molecule has 2 atom stereocenters. The van der Waals surface area contributed by atoms with E-state index in [1.807, 2.05) is 13.0 Å². The molecule has 0 saturated heterocycles. The molecule has 162 valence electrons. The van der Waals surface area contributed by atoms with Gasteiger partial charge in [0.1, 0.15) is 10.00 Å². The number of carbonyl (C=O) groups excluding carboxylic acids is 1. The zero-order valence-electron chi connectivity index (χ0n) is 17.4. The summed E-state index contributed by atoms with van der Waals surface area (Å²) in [6.07, 6.45) is 1.45. The first kappa shape index (κ1) is 22.4. The molecule has 0 fully saturated rings. The first-order chi connectivity index (χ1) is 14.0. The molecule has 8 nitrogen and oxygen atoms in total. The van der Waals surface area contributed by atoms with Crippen molar-refractivity contribution < 1.29 is 22.8 Å². The van der Waals surface area contributed by atoms with Crippen molar-refractivity contribution in [1.82, 2.24) is 5.16 Å². The Balaban J connectivity index is 2.21. The highest BCUT2D eigenvalue weighted by Crippen LogP contribution is 2.51. The Morgan fingerprint density at radius 3 is 2.47 bits per heavy atom. The number of rotatable bonds is 6. The van der Waals surface area contributed by atoms with Gasteiger partial charge in [-0.05, 0) is 67.8 Å². The van der Waals surface area contributed by atoms with Crippen molar-refractivity contribution in [2.75, 3.05) is 4.72 Å². The van der Waals surface area contributed by atoms with E-state index in [-0.39, 0.29) is 12.5 Å². The lowest BCUT2D eigenvalue weighted by Gasteiger charge is -2.35. The Morgan fingerprint density at radius 1 is 1.27 bits per heavy atom. The van der Waals surface area contributed by atoms with Crippen molar-refractivity contribution in [1.29, 1.82) is 0 Å². The maximum atomic E-state index is 13.4. The molecule has 3 rings (SSSR count). The monoisotopic (exact) mass is 451 g/mol. The molecular weight excluding hydrogens is 426 g/mol. The number of nitrogens with one attached hydrogen (secondary N) is 1. The second-order valence-electron chi connectivity index (χ2n) is 7.48. The number of sulfonamides is 1. The number of hydrogen-bond donors (Lipinski definition) is 3. The van der Waals surface area contributed by atoms with Gasteiger partial charge in [0.05, 0.1) is 12.3 Å². The standard InChI is InChI=1S/C20H25N3O5S2/c1-10-8-11(2)17(13(4)15(10)9-24)20(19(21)25)16(6-7-29-20)30(26,27)23-18-12(3)14(5)22-28-18/h6-8,16,23-24H,9H2,1-5H3,(H2,21,25). The van der Waals surface area contributed by atoms with E-state index in [9.17, 15) is 18.3 Å². The van der Waals surface area contributed by atoms with Crippen LogP contribution in [-0.4, -0.2) is 29.8 Å². The van der Waals surface area contributed by atoms with E-state index in [1.165, 1.54) is 6.08 Å². The molecule has 1 aromatic heterocycles. The van der Waals surface area contributed by atoms with Gasteiger partial charge in [0.2, 0.25) is 21.8 Å². The maximum Gasteiger partial charge on any atom is 0.243 e. The summed E-state index contributed by atoms with van der Waals surface area (Å²) < 4.78 is 32.7. The molecule has 4 N–H and O–H groups in total. The summed E-state index contributed by atoms with van der Waals surface area (Å²) in [5.74, 6) is -0.776. The number of thioether (sulfide) groups is 1. The topological polar surface area (TPSA) is 136 Å². The molecule has 2 aromatic rings. The number of amides is 1. The van der Waals surface area contributed by atoms with Crippen LogP contribution in [0, 0.1) is 34.6 Å². The fourth-order valence-electron chi connectivity index (χ4n) is 4.01. The summed E-state index contributed by atoms with van der Waals surface area (Å²) in [7, 11) is -4.14. The van der Waals surface area contributed by atoms with Crippen molar-refractivity contribution in [3.05, 3.63) is 56.6 Å². The van der Waals surface area contributed by atoms with Crippen LogP contribution in [0.2, 0.25) is 0 Å². The molecule has 0 aliphatic carbocycles. The Bertz CT molecular complexity index is 1150. The van der Waals surface area contributed by atoms with Crippen LogP contribution in [0.25, 0.3) is 0 Å². The predicted molar refractivity (Wildman–Crippen MR) is 116 cm³/mol. The van der Waals surface area contributed by atoms with Gasteiger partial charge in [-0.15, -0.1) is 11.8 Å². The predicted octanol–water partition coefficient (Wildman–Crippen LogP) is 2.46. The van der Waals surface area contributed by atoms with Gasteiger partial charge in [0.15, 0.2) is 0 Å². The number of carbonyl (C=O) groups is 1. The van der Waals surface area contributed by atoms with Crippen molar-refractivity contribution >= 4 is 33.6 Å². The van der Waals surface area contributed by atoms with Crippen LogP contribution in [0.4, 0.5) is 5.88 Å². The van der Waals surface area contributed by atoms with Crippen LogP contribution in [0.5, 0.6) is 0 Å². The second kappa shape index (κ2) is 7.75. The summed E-state index contributed by atoms with van der Waals surface area (Å²) in [5, 5.41) is 13.9. The molecule has 0 bridgehead atoms. The van der Waals surface area contributed by atoms with E-state index < -0.39 is 25.9 Å². The van der Waals surface area contributed by atoms with Crippen LogP contribution in [0.1, 0.15) is 39.1 Å². The largest absolute Gasteiger partial charge is 0.392 e. The van der Waals surface area contributed by atoms with Gasteiger partial charge in [0, 0.05) is 5.56 Å². The van der Waals surface area contributed by atoms with Gasteiger partial charge in [-0.25, -0.2) is 8.42 Å². The molecular formula is C20H25N3O5S2. The first-order valence-corrected chi connectivity index (χ1v) is 11.7. The highest BCUT2D eigenvalue weighted by atomic mass is 32.2. The Kier molecular flexibility index (Phi) is 5.78. The SMILES string of the molecule is Cc1cc(C)c(C2(C(N)=O)SC=CC2S(=O)(=O)Nc2onc(C)c2C)c(C)c1CO. The lowest BCUT2D eigenvalue weighted by Crippen LogP contribution is -2.50. The Hall–Kier alpha value is -2.30. The van der Waals surface area contributed by atoms with Gasteiger partial charge in [-0.1, -0.05) is 17.3 Å². The Morgan fingerprint density at radius 2 is 1.93 bits per heavy atom. The van der Waals surface area contributed by atoms with Crippen molar-refractivity contribution in [2.24, 2.45) is 5.73 Å². The van der Waals surface area contributed by atoms with Gasteiger partial charge in [-0.2, -0.15) is 0 Å². The fraction of sp³-hybridized carbons (Fsp3) is 0.400. The van der Waals surface area contributed by atoms with Crippen LogP contribution in [0.15, 0.2) is 22.1 Å². The minimum Gasteiger partial charge on any atom is -0.392 e. The maximum absolute atomic E-state index is 13.4. The lowest BCUT2D eigenvalue weighted by molar-refractivity contribution is -0.120. The highest BCUT2D eigenvalue weighted by Gasteiger charge is 2.55. The van der Waals surface area contributed by atoms with Gasteiger partial charge < -0.3 is 15.4 Å². The highest BCUT2D eigenvalue weighted by molar-refractivity contribution is 8.05. The van der Waals surface area contributed by atoms with Gasteiger partial charge in [-0.3, -0.25) is 9.52 Å². The number of hydrogen-bond acceptors (Lipinski definition) is 7. The zero-order valence-corrected chi connectivity index (χ0v) is 19.1. The third kappa shape index (κ3) is 3.32. The number of aromatic nitrogens is 1. The summed E-state index contributed by atoms with van der Waals surface area (Å²) in [6.45, 7) is 8.59. The molecule has 2 heterocycles. The molecule has 1 aromatic carbocycles. The average Bonchev–Trinajstić information content (AvgIpc) is 3.22. The molecule has 2 unspecified atom stereocenters. The number of benzene rings is 1. The molecule has 30 heavy (non-hydrogen) atoms. The molecule has 1 aliphatic rings. The minimum absolute atomic E-state index is 0.00423. The zero-order chi connectivity index (χ0) is 22.4. The summed E-state index contributed by atoms with van der Waals surface area (Å²) >= 11 is 1.06. The van der Waals surface area contributed by atoms with Crippen molar-refractivity contribution in [3.63, 3.8) is 0 Å². The number of nitrogens with zero attached hydrogens (tertiary/aromatic N) is 1. The minimum atomic E-state index is -4.14. The third-order valence-corrected chi connectivity index (χ3v) is 8.78. The quantitative estimate of drug-likeness (QED) is 0.614. The number of aryl methyl sites for hydroxylation is 3. The van der Waals surface area contributed by atoms with Crippen molar-refractivity contribution in [2.45, 2.75) is 51.2 Å². The summed E-state index contributed by atoms with van der Waals surface area (Å²) in [4.78, 5) is 12.9. The molecule has 0 saturated carbocycles. The van der Waals surface area contributed by atoms with Crippen LogP contribution in [-0.2, 0) is 26.2 Å². The smallest absolute Gasteiger partial charge is 0.243 e. The number of primary amides is 1. The summed E-state index contributed by atoms with van der Waals surface area (Å²) in [5.41, 5.74) is 10.4. The lowest BCUT2D eigenvalue weighted by atomic mass is 9.83. The fourth-order valence-corrected chi connectivity index (χ4v) is 7.40. The van der Waals surface area contributed by atoms with Gasteiger partial charge >= 0.3 is 0 Å². The molecule has 0 radical (unpaired) electrons. The number of aliphatic hydroxyl groups is 1. The van der Waals surface area contributed by atoms with E-state index in [2.05, 4.69) is 9.88 Å². The molecule has 10 heteroatoms. The van der Waals surface area contributed by atoms with E-state index in [0.29, 0.717) is 27.9 Å². The average molecular weight is 452 g/mol. The Labute approximate surface area is 180 Å². The second-order valence-corrected chi connectivity index (χ2v) is 10.4. The molecule has 0 spiro atoms. The number of anilines is 1. The normalized spacial score (nSPS) is 21.2. The van der Waals surface area contributed by atoms with Crippen LogP contribution < -0.4 is 10.5 Å².